The van der Waals surface area contributed by atoms with E-state index in [0.29, 0.717) is 25.9 Å². The van der Waals surface area contributed by atoms with Crippen LogP contribution in [0.3, 0.4) is 0 Å². The Kier molecular flexibility index (Phi) is 6.01. The zero-order valence-electron chi connectivity index (χ0n) is 20.1. The monoisotopic (exact) mass is 564 g/mol. The van der Waals surface area contributed by atoms with Crippen LogP contribution in [0.1, 0.15) is 22.3 Å². The maximum Gasteiger partial charge on any atom is 0.380 e. The number of hydrogen-bond acceptors (Lipinski definition) is 2. The molecule has 9 heteroatoms. The van der Waals surface area contributed by atoms with E-state index in [2.05, 4.69) is 12.6 Å². The molecule has 0 N–H and O–H groups in total. The predicted molar refractivity (Wildman–Crippen MR) is 146 cm³/mol. The van der Waals surface area contributed by atoms with Gasteiger partial charge in [0.2, 0.25) is 0 Å². The van der Waals surface area contributed by atoms with Crippen LogP contribution in [0.4, 0.5) is 26.3 Å². The van der Waals surface area contributed by atoms with Crippen LogP contribution in [-0.4, -0.2) is 14.0 Å². The first-order valence-corrected chi connectivity index (χ1v) is 16.3. The van der Waals surface area contributed by atoms with Gasteiger partial charge in [0.25, 0.3) is 0 Å². The van der Waals surface area contributed by atoms with E-state index in [0.717, 1.165) is 0 Å². The van der Waals surface area contributed by atoms with Gasteiger partial charge in [-0.2, -0.15) is 26.3 Å². The van der Waals surface area contributed by atoms with Crippen molar-refractivity contribution in [2.24, 2.45) is 0 Å². The first-order chi connectivity index (χ1) is 17.2. The molecule has 0 atom stereocenters. The van der Waals surface area contributed by atoms with E-state index in [4.69, 9.17) is 0 Å². The molecule has 0 saturated carbocycles. The lowest BCUT2D eigenvalue weighted by molar-refractivity contribution is -0.302. The summed E-state index contributed by atoms with van der Waals surface area (Å²) >= 11 is 5.64. The van der Waals surface area contributed by atoms with Crippen molar-refractivity contribution in [3.63, 3.8) is 0 Å². The van der Waals surface area contributed by atoms with E-state index in [1.165, 1.54) is 23.5 Å². The van der Waals surface area contributed by atoms with Crippen molar-refractivity contribution in [3.8, 4) is 10.4 Å². The zero-order valence-corrected chi connectivity index (χ0v) is 22.8. The Morgan fingerprint density at radius 1 is 0.811 bits per heavy atom. The maximum absolute atomic E-state index is 15.5. The SMILES string of the molecule is C[Si](C)(C)c1c(/C=C(\S)c2ccccc2)c2c(c3cc(-c4ccccc4)sc13)C(F)(F)C(F)(F)C2(F)F. The average molecular weight is 565 g/mol. The molecule has 1 aliphatic rings. The van der Waals surface area contributed by atoms with Gasteiger partial charge in [-0.25, -0.2) is 0 Å². The third-order valence-corrected chi connectivity index (χ3v) is 10.4. The van der Waals surface area contributed by atoms with Crippen molar-refractivity contribution in [2.45, 2.75) is 37.4 Å². The van der Waals surface area contributed by atoms with Crippen LogP contribution < -0.4 is 5.19 Å². The Balaban J connectivity index is 1.99. The topological polar surface area (TPSA) is 0 Å². The second-order valence-electron chi connectivity index (χ2n) is 10.1. The molecule has 1 heterocycles. The zero-order chi connectivity index (χ0) is 27.0. The summed E-state index contributed by atoms with van der Waals surface area (Å²) in [4.78, 5) is 0.762. The molecule has 5 rings (SSSR count). The van der Waals surface area contributed by atoms with Gasteiger partial charge < -0.3 is 0 Å². The molecule has 4 aromatic rings. The summed E-state index contributed by atoms with van der Waals surface area (Å²) in [5.74, 6) is -15.7. The largest absolute Gasteiger partial charge is 0.380 e. The summed E-state index contributed by atoms with van der Waals surface area (Å²) < 4.78 is 91.8. The highest BCUT2D eigenvalue weighted by atomic mass is 32.1. The van der Waals surface area contributed by atoms with Gasteiger partial charge in [-0.3, -0.25) is 0 Å². The van der Waals surface area contributed by atoms with Gasteiger partial charge in [-0.15, -0.1) is 24.0 Å². The van der Waals surface area contributed by atoms with E-state index in [-0.39, 0.29) is 15.9 Å². The molecule has 0 aliphatic heterocycles. The molecule has 0 saturated heterocycles. The highest BCUT2D eigenvalue weighted by Gasteiger charge is 2.80. The molecular weight excluding hydrogens is 543 g/mol. The molecule has 0 bridgehead atoms. The van der Waals surface area contributed by atoms with Gasteiger partial charge >= 0.3 is 17.8 Å². The maximum atomic E-state index is 15.5. The van der Waals surface area contributed by atoms with Gasteiger partial charge in [0.05, 0.1) is 8.07 Å². The molecule has 1 aliphatic carbocycles. The fourth-order valence-electron chi connectivity index (χ4n) is 4.91. The highest BCUT2D eigenvalue weighted by molar-refractivity contribution is 7.90. The van der Waals surface area contributed by atoms with Gasteiger partial charge in [0.15, 0.2) is 0 Å². The smallest absolute Gasteiger partial charge is 0.194 e. The summed E-state index contributed by atoms with van der Waals surface area (Å²) in [5.41, 5.74) is -1.63. The Morgan fingerprint density at radius 2 is 1.35 bits per heavy atom. The van der Waals surface area contributed by atoms with Crippen molar-refractivity contribution >= 4 is 58.3 Å². The molecule has 1 aromatic heterocycles. The molecule has 0 unspecified atom stereocenters. The molecule has 0 nitrogen and oxygen atoms in total. The van der Waals surface area contributed by atoms with E-state index in [1.807, 2.05) is 19.6 Å². The molecule has 0 fully saturated rings. The summed E-state index contributed by atoms with van der Waals surface area (Å²) in [6.45, 7) is 5.66. The van der Waals surface area contributed by atoms with E-state index in [1.54, 1.807) is 60.7 Å². The van der Waals surface area contributed by atoms with E-state index in [9.17, 15) is 8.78 Å². The Morgan fingerprint density at radius 3 is 1.92 bits per heavy atom. The fraction of sp³-hybridized carbons (Fsp3) is 0.214. The quantitative estimate of drug-likeness (QED) is 0.109. The lowest BCUT2D eigenvalue weighted by Gasteiger charge is -2.26. The second-order valence-corrected chi connectivity index (χ2v) is 16.7. The lowest BCUT2D eigenvalue weighted by atomic mass is 9.96. The van der Waals surface area contributed by atoms with E-state index < -0.39 is 37.0 Å². The molecular formula is C28H22F6S2Si. The summed E-state index contributed by atoms with van der Waals surface area (Å²) in [7, 11) is -2.59. The Labute approximate surface area is 221 Å². The highest BCUT2D eigenvalue weighted by Crippen LogP contribution is 2.65. The molecule has 3 aromatic carbocycles. The van der Waals surface area contributed by atoms with Crippen LogP contribution in [0.5, 0.6) is 0 Å². The molecule has 0 spiro atoms. The first kappa shape index (κ1) is 26.1. The van der Waals surface area contributed by atoms with Gasteiger partial charge in [0, 0.05) is 31.0 Å². The number of fused-ring (bicyclic) bond motifs is 3. The normalized spacial score (nSPS) is 18.3. The molecule has 37 heavy (non-hydrogen) atoms. The van der Waals surface area contributed by atoms with Crippen molar-refractivity contribution < 1.29 is 26.3 Å². The average Bonchev–Trinajstić information content (AvgIpc) is 3.31. The van der Waals surface area contributed by atoms with Crippen LogP contribution in [0.15, 0.2) is 66.7 Å². The minimum Gasteiger partial charge on any atom is -0.194 e. The number of alkyl halides is 6. The number of thiophene rings is 1. The second kappa shape index (κ2) is 8.51. The van der Waals surface area contributed by atoms with Crippen LogP contribution in [0, 0.1) is 0 Å². The minimum absolute atomic E-state index is 0.218. The summed E-state index contributed by atoms with van der Waals surface area (Å²) in [6.07, 6.45) is 1.26. The molecule has 0 radical (unpaired) electrons. The standard InChI is InChI=1S/C28H22F6S2Si/c1-37(2,3)25-19(14-20(35)16-10-6-4-7-11-16)23-22(26(29,30)28(33,34)27(23,31)32)18-15-21(36-24(18)25)17-12-8-5-9-13-17/h4-15,35H,1-3H3/b20-14-. The summed E-state index contributed by atoms with van der Waals surface area (Å²) in [5, 5.41) is 0.194. The van der Waals surface area contributed by atoms with Crippen molar-refractivity contribution in [1.82, 2.24) is 0 Å². The van der Waals surface area contributed by atoms with Crippen LogP contribution in [0.2, 0.25) is 19.6 Å². The van der Waals surface area contributed by atoms with Crippen molar-refractivity contribution in [1.29, 1.82) is 0 Å². The van der Waals surface area contributed by atoms with Gasteiger partial charge in [0.1, 0.15) is 0 Å². The van der Waals surface area contributed by atoms with E-state index >= 15 is 17.6 Å². The third kappa shape index (κ3) is 3.80. The Bertz CT molecular complexity index is 1530. The lowest BCUT2D eigenvalue weighted by Crippen LogP contribution is -2.44. The van der Waals surface area contributed by atoms with Crippen LogP contribution in [-0.2, 0) is 11.8 Å². The molecule has 192 valence electrons. The third-order valence-electron chi connectivity index (χ3n) is 6.59. The van der Waals surface area contributed by atoms with Crippen LogP contribution in [0.25, 0.3) is 31.5 Å². The van der Waals surface area contributed by atoms with Gasteiger partial charge in [-0.05, 0) is 34.0 Å². The minimum atomic E-state index is -5.59. The van der Waals surface area contributed by atoms with Crippen LogP contribution >= 0.6 is 24.0 Å². The number of hydrogen-bond donors (Lipinski definition) is 1. The molecule has 0 amide bonds. The Hall–Kier alpha value is -2.49. The predicted octanol–water partition coefficient (Wildman–Crippen LogP) is 9.37. The number of rotatable bonds is 4. The van der Waals surface area contributed by atoms with Crippen molar-refractivity contribution in [2.75, 3.05) is 0 Å². The number of benzene rings is 3. The summed E-state index contributed by atoms with van der Waals surface area (Å²) in [6, 6.07) is 18.8. The fourth-order valence-corrected chi connectivity index (χ4v) is 9.21. The van der Waals surface area contributed by atoms with Gasteiger partial charge in [-0.1, -0.05) is 80.3 Å². The van der Waals surface area contributed by atoms with Crippen molar-refractivity contribution in [3.05, 3.63) is 89.0 Å². The first-order valence-electron chi connectivity index (χ1n) is 11.5. The number of halogens is 6. The number of thiol groups is 1.